The van der Waals surface area contributed by atoms with Crippen molar-refractivity contribution < 1.29 is 4.79 Å². The van der Waals surface area contributed by atoms with Gasteiger partial charge in [0, 0.05) is 6.20 Å². The van der Waals surface area contributed by atoms with Crippen LogP contribution >= 0.6 is 11.3 Å². The van der Waals surface area contributed by atoms with Crippen LogP contribution in [-0.2, 0) is 6.54 Å². The number of anilines is 1. The van der Waals surface area contributed by atoms with Crippen LogP contribution in [0.4, 0.5) is 5.69 Å². The molecule has 0 radical (unpaired) electrons. The number of carbonyl (C=O) groups excluding carboxylic acids is 1. The standard InChI is InChI=1S/C12H13N3OS/c1-8-3-2-5-14-10(8)7-15-12(16)11-9(13)4-6-17-11/h2-6H,7,13H2,1H3,(H,15,16). The molecule has 0 aliphatic rings. The van der Waals surface area contributed by atoms with Crippen LogP contribution in [0.15, 0.2) is 29.8 Å². The Hall–Kier alpha value is -1.88. The number of hydrogen-bond donors (Lipinski definition) is 2. The van der Waals surface area contributed by atoms with E-state index in [1.807, 2.05) is 19.1 Å². The number of aromatic nitrogens is 1. The van der Waals surface area contributed by atoms with Crippen LogP contribution in [0.2, 0.25) is 0 Å². The minimum Gasteiger partial charge on any atom is -0.397 e. The quantitative estimate of drug-likeness (QED) is 0.871. The maximum absolute atomic E-state index is 11.8. The van der Waals surface area contributed by atoms with E-state index in [-0.39, 0.29) is 5.91 Å². The SMILES string of the molecule is Cc1cccnc1CNC(=O)c1sccc1N. The molecule has 2 aromatic rings. The highest BCUT2D eigenvalue weighted by Crippen LogP contribution is 2.18. The molecule has 0 aliphatic carbocycles. The molecule has 0 aromatic carbocycles. The van der Waals surface area contributed by atoms with Gasteiger partial charge in [-0.15, -0.1) is 11.3 Å². The van der Waals surface area contributed by atoms with Gasteiger partial charge in [0.2, 0.25) is 0 Å². The summed E-state index contributed by atoms with van der Waals surface area (Å²) in [6.45, 7) is 2.39. The molecule has 2 rings (SSSR count). The molecule has 2 heterocycles. The average molecular weight is 247 g/mol. The van der Waals surface area contributed by atoms with Gasteiger partial charge in [0.25, 0.3) is 5.91 Å². The Balaban J connectivity index is 2.02. The van der Waals surface area contributed by atoms with Gasteiger partial charge >= 0.3 is 0 Å². The maximum Gasteiger partial charge on any atom is 0.263 e. The Kier molecular flexibility index (Phi) is 3.39. The van der Waals surface area contributed by atoms with Crippen LogP contribution in [-0.4, -0.2) is 10.9 Å². The van der Waals surface area contributed by atoms with Crippen molar-refractivity contribution in [2.24, 2.45) is 0 Å². The summed E-state index contributed by atoms with van der Waals surface area (Å²) in [7, 11) is 0. The highest BCUT2D eigenvalue weighted by atomic mass is 32.1. The van der Waals surface area contributed by atoms with Crippen molar-refractivity contribution in [1.82, 2.24) is 10.3 Å². The predicted octanol–water partition coefficient (Wildman–Crippen LogP) is 1.96. The Morgan fingerprint density at radius 1 is 1.53 bits per heavy atom. The summed E-state index contributed by atoms with van der Waals surface area (Å²) in [6, 6.07) is 5.57. The molecule has 3 N–H and O–H groups in total. The van der Waals surface area contributed by atoms with Crippen LogP contribution in [0, 0.1) is 6.92 Å². The number of nitrogen functional groups attached to an aromatic ring is 1. The number of hydrogen-bond acceptors (Lipinski definition) is 4. The lowest BCUT2D eigenvalue weighted by Gasteiger charge is -2.06. The third kappa shape index (κ3) is 2.62. The molecule has 2 aromatic heterocycles. The first-order valence-electron chi connectivity index (χ1n) is 5.20. The van der Waals surface area contributed by atoms with Crippen molar-refractivity contribution in [3.63, 3.8) is 0 Å². The number of nitrogens with zero attached hydrogens (tertiary/aromatic N) is 1. The van der Waals surface area contributed by atoms with Gasteiger partial charge in [-0.2, -0.15) is 0 Å². The molecular weight excluding hydrogens is 234 g/mol. The third-order valence-electron chi connectivity index (χ3n) is 2.44. The van der Waals surface area contributed by atoms with Gasteiger partial charge < -0.3 is 11.1 Å². The number of aryl methyl sites for hydroxylation is 1. The average Bonchev–Trinajstić information content (AvgIpc) is 2.74. The van der Waals surface area contributed by atoms with Gasteiger partial charge in [0.15, 0.2) is 0 Å². The van der Waals surface area contributed by atoms with Gasteiger partial charge in [-0.05, 0) is 30.0 Å². The van der Waals surface area contributed by atoms with E-state index in [0.29, 0.717) is 17.1 Å². The first kappa shape index (κ1) is 11.6. The number of pyridine rings is 1. The van der Waals surface area contributed by atoms with E-state index in [2.05, 4.69) is 10.3 Å². The second-order valence-corrected chi connectivity index (χ2v) is 4.57. The van der Waals surface area contributed by atoms with Crippen molar-refractivity contribution in [3.8, 4) is 0 Å². The van der Waals surface area contributed by atoms with E-state index in [1.165, 1.54) is 11.3 Å². The topological polar surface area (TPSA) is 68.0 Å². The molecule has 88 valence electrons. The lowest BCUT2D eigenvalue weighted by molar-refractivity contribution is 0.0955. The zero-order valence-electron chi connectivity index (χ0n) is 9.43. The Bertz CT molecular complexity index is 536. The van der Waals surface area contributed by atoms with E-state index in [1.54, 1.807) is 17.6 Å². The second kappa shape index (κ2) is 4.97. The van der Waals surface area contributed by atoms with E-state index >= 15 is 0 Å². The van der Waals surface area contributed by atoms with Crippen LogP contribution in [0.5, 0.6) is 0 Å². The van der Waals surface area contributed by atoms with E-state index in [4.69, 9.17) is 5.73 Å². The molecule has 17 heavy (non-hydrogen) atoms. The molecular formula is C12H13N3OS. The fourth-order valence-electron chi connectivity index (χ4n) is 1.45. The lowest BCUT2D eigenvalue weighted by atomic mass is 10.2. The number of nitrogens with one attached hydrogen (secondary N) is 1. The monoisotopic (exact) mass is 247 g/mol. The van der Waals surface area contributed by atoms with Crippen LogP contribution in [0.1, 0.15) is 20.9 Å². The molecule has 0 aliphatic heterocycles. The van der Waals surface area contributed by atoms with Crippen LogP contribution < -0.4 is 11.1 Å². The predicted molar refractivity (Wildman–Crippen MR) is 68.9 cm³/mol. The molecule has 0 bridgehead atoms. The smallest absolute Gasteiger partial charge is 0.263 e. The molecule has 5 heteroatoms. The van der Waals surface area contributed by atoms with Gasteiger partial charge in [0.05, 0.1) is 17.9 Å². The number of amides is 1. The molecule has 0 atom stereocenters. The fraction of sp³-hybridized carbons (Fsp3) is 0.167. The van der Waals surface area contributed by atoms with Gasteiger partial charge in [-0.25, -0.2) is 0 Å². The Morgan fingerprint density at radius 3 is 3.00 bits per heavy atom. The van der Waals surface area contributed by atoms with E-state index in [0.717, 1.165) is 11.3 Å². The molecule has 1 amide bonds. The van der Waals surface area contributed by atoms with Crippen molar-refractivity contribution in [2.75, 3.05) is 5.73 Å². The highest BCUT2D eigenvalue weighted by Gasteiger charge is 2.11. The largest absolute Gasteiger partial charge is 0.397 e. The van der Waals surface area contributed by atoms with Crippen molar-refractivity contribution in [2.45, 2.75) is 13.5 Å². The number of carbonyl (C=O) groups is 1. The fourth-order valence-corrected chi connectivity index (χ4v) is 2.19. The molecule has 0 saturated carbocycles. The van der Waals surface area contributed by atoms with Crippen molar-refractivity contribution in [1.29, 1.82) is 0 Å². The summed E-state index contributed by atoms with van der Waals surface area (Å²) in [5, 5.41) is 4.61. The number of rotatable bonds is 3. The molecule has 0 unspecified atom stereocenters. The summed E-state index contributed by atoms with van der Waals surface area (Å²) in [4.78, 5) is 16.6. The number of nitrogens with two attached hydrogens (primary N) is 1. The highest BCUT2D eigenvalue weighted by molar-refractivity contribution is 7.12. The van der Waals surface area contributed by atoms with Crippen LogP contribution in [0.3, 0.4) is 0 Å². The summed E-state index contributed by atoms with van der Waals surface area (Å²) >= 11 is 1.34. The minimum absolute atomic E-state index is 0.150. The second-order valence-electron chi connectivity index (χ2n) is 3.65. The summed E-state index contributed by atoms with van der Waals surface area (Å²) in [5.41, 5.74) is 8.13. The normalized spacial score (nSPS) is 10.2. The number of thiophene rings is 1. The summed E-state index contributed by atoms with van der Waals surface area (Å²) in [6.07, 6.45) is 1.72. The van der Waals surface area contributed by atoms with Gasteiger partial charge in [-0.1, -0.05) is 6.07 Å². The van der Waals surface area contributed by atoms with Crippen molar-refractivity contribution in [3.05, 3.63) is 45.9 Å². The molecule has 0 spiro atoms. The first-order chi connectivity index (χ1) is 8.18. The van der Waals surface area contributed by atoms with Crippen molar-refractivity contribution >= 4 is 22.9 Å². The minimum atomic E-state index is -0.150. The lowest BCUT2D eigenvalue weighted by Crippen LogP contribution is -2.23. The van der Waals surface area contributed by atoms with E-state index < -0.39 is 0 Å². The first-order valence-corrected chi connectivity index (χ1v) is 6.08. The molecule has 4 nitrogen and oxygen atoms in total. The molecule has 0 saturated heterocycles. The van der Waals surface area contributed by atoms with Gasteiger partial charge in [-0.3, -0.25) is 9.78 Å². The Labute approximate surface area is 103 Å². The molecule has 0 fully saturated rings. The van der Waals surface area contributed by atoms with Gasteiger partial charge in [0.1, 0.15) is 4.88 Å². The summed E-state index contributed by atoms with van der Waals surface area (Å²) in [5.74, 6) is -0.150. The maximum atomic E-state index is 11.8. The van der Waals surface area contributed by atoms with E-state index in [9.17, 15) is 4.79 Å². The summed E-state index contributed by atoms with van der Waals surface area (Å²) < 4.78 is 0. The third-order valence-corrected chi connectivity index (χ3v) is 3.37. The van der Waals surface area contributed by atoms with Crippen LogP contribution in [0.25, 0.3) is 0 Å². The zero-order valence-corrected chi connectivity index (χ0v) is 10.3. The zero-order chi connectivity index (χ0) is 12.3. The Morgan fingerprint density at radius 2 is 2.35 bits per heavy atom.